The summed E-state index contributed by atoms with van der Waals surface area (Å²) in [4.78, 5) is 0. The van der Waals surface area contributed by atoms with Crippen LogP contribution in [0.15, 0.2) is 12.7 Å². The maximum absolute atomic E-state index is 11.7. The predicted octanol–water partition coefficient (Wildman–Crippen LogP) is 0.186. The first-order valence-corrected chi connectivity index (χ1v) is 6.49. The highest BCUT2D eigenvalue weighted by Gasteiger charge is 2.24. The van der Waals surface area contributed by atoms with Crippen LogP contribution in [0.3, 0.4) is 0 Å². The van der Waals surface area contributed by atoms with Crippen LogP contribution in [0.1, 0.15) is 13.3 Å². The molecule has 1 rings (SSSR count). The van der Waals surface area contributed by atoms with Gasteiger partial charge in [-0.25, -0.2) is 8.42 Å². The van der Waals surface area contributed by atoms with Crippen LogP contribution in [0, 0.1) is 0 Å². The lowest BCUT2D eigenvalue weighted by molar-refractivity contribution is 0.374. The first kappa shape index (κ1) is 11.7. The molecule has 0 aromatic rings. The van der Waals surface area contributed by atoms with Gasteiger partial charge in [0.05, 0.1) is 5.75 Å². The predicted molar refractivity (Wildman–Crippen MR) is 57.6 cm³/mol. The van der Waals surface area contributed by atoms with Crippen LogP contribution in [-0.4, -0.2) is 44.2 Å². The molecule has 1 fully saturated rings. The van der Waals surface area contributed by atoms with Gasteiger partial charge in [-0.2, -0.15) is 4.31 Å². The second-order valence-corrected chi connectivity index (χ2v) is 5.72. The molecule has 0 aromatic heterocycles. The quantitative estimate of drug-likeness (QED) is 0.673. The Labute approximate surface area is 86.0 Å². The normalized spacial score (nSPS) is 29.1. The molecule has 82 valence electrons. The van der Waals surface area contributed by atoms with Gasteiger partial charge in [-0.15, -0.1) is 6.58 Å². The van der Waals surface area contributed by atoms with E-state index in [1.54, 1.807) is 6.08 Å². The Hall–Kier alpha value is -0.390. The Morgan fingerprint density at radius 3 is 3.00 bits per heavy atom. The highest BCUT2D eigenvalue weighted by Crippen LogP contribution is 2.07. The number of sulfonamides is 1. The van der Waals surface area contributed by atoms with Crippen molar-refractivity contribution in [2.24, 2.45) is 0 Å². The molecule has 0 aromatic carbocycles. The summed E-state index contributed by atoms with van der Waals surface area (Å²) >= 11 is 0. The van der Waals surface area contributed by atoms with E-state index in [0.29, 0.717) is 19.5 Å². The van der Waals surface area contributed by atoms with E-state index in [2.05, 4.69) is 11.9 Å². The zero-order chi connectivity index (χ0) is 10.6. The van der Waals surface area contributed by atoms with E-state index in [9.17, 15) is 8.42 Å². The van der Waals surface area contributed by atoms with Crippen molar-refractivity contribution in [1.29, 1.82) is 0 Å². The van der Waals surface area contributed by atoms with Gasteiger partial charge in [-0.1, -0.05) is 6.08 Å². The van der Waals surface area contributed by atoms with Crippen LogP contribution in [0.4, 0.5) is 0 Å². The summed E-state index contributed by atoms with van der Waals surface area (Å²) in [5.41, 5.74) is 0. The van der Waals surface area contributed by atoms with Crippen molar-refractivity contribution in [3.63, 3.8) is 0 Å². The molecule has 1 N–H and O–H groups in total. The van der Waals surface area contributed by atoms with Gasteiger partial charge in [0.1, 0.15) is 0 Å². The molecular weight excluding hydrogens is 200 g/mol. The summed E-state index contributed by atoms with van der Waals surface area (Å²) in [6, 6.07) is 0.213. The highest BCUT2D eigenvalue weighted by molar-refractivity contribution is 7.89. The summed E-state index contributed by atoms with van der Waals surface area (Å²) in [6.45, 7) is 7.30. The zero-order valence-corrected chi connectivity index (χ0v) is 9.39. The minimum absolute atomic E-state index is 0.213. The van der Waals surface area contributed by atoms with Gasteiger partial charge in [0.25, 0.3) is 0 Å². The monoisotopic (exact) mass is 218 g/mol. The fraction of sp³-hybridized carbons (Fsp3) is 0.778. The summed E-state index contributed by atoms with van der Waals surface area (Å²) in [7, 11) is -3.06. The van der Waals surface area contributed by atoms with Crippen LogP contribution in [-0.2, 0) is 10.0 Å². The van der Waals surface area contributed by atoms with Crippen molar-refractivity contribution >= 4 is 10.0 Å². The molecule has 0 radical (unpaired) electrons. The van der Waals surface area contributed by atoms with E-state index in [1.165, 1.54) is 4.31 Å². The lowest BCUT2D eigenvalue weighted by Crippen LogP contribution is -2.46. The van der Waals surface area contributed by atoms with E-state index in [-0.39, 0.29) is 11.8 Å². The van der Waals surface area contributed by atoms with Crippen molar-refractivity contribution in [1.82, 2.24) is 9.62 Å². The molecule has 1 aliphatic heterocycles. The van der Waals surface area contributed by atoms with Crippen molar-refractivity contribution in [2.45, 2.75) is 19.4 Å². The van der Waals surface area contributed by atoms with Crippen LogP contribution in [0.5, 0.6) is 0 Å². The standard InChI is InChI=1S/C9H18N2O2S/c1-3-6-11-8-9(2)10-5-4-7-14(11,12)13/h3,9-10H,1,4-8H2,2H3. The minimum Gasteiger partial charge on any atom is -0.313 e. The SMILES string of the molecule is C=CCN1CC(C)NCCCS1(=O)=O. The molecular formula is C9H18N2O2S. The molecule has 0 spiro atoms. The van der Waals surface area contributed by atoms with Gasteiger partial charge in [0, 0.05) is 19.1 Å². The Morgan fingerprint density at radius 1 is 1.64 bits per heavy atom. The minimum atomic E-state index is -3.06. The summed E-state index contributed by atoms with van der Waals surface area (Å²) < 4.78 is 25.0. The van der Waals surface area contributed by atoms with E-state index in [0.717, 1.165) is 6.54 Å². The fourth-order valence-corrected chi connectivity index (χ4v) is 3.10. The molecule has 5 heteroatoms. The third-order valence-electron chi connectivity index (χ3n) is 2.28. The third-order valence-corrected chi connectivity index (χ3v) is 4.17. The molecule has 1 atom stereocenters. The second kappa shape index (κ2) is 4.91. The van der Waals surface area contributed by atoms with E-state index in [1.807, 2.05) is 6.92 Å². The second-order valence-electron chi connectivity index (χ2n) is 3.63. The maximum Gasteiger partial charge on any atom is 0.214 e. The first-order chi connectivity index (χ1) is 6.56. The van der Waals surface area contributed by atoms with Crippen molar-refractivity contribution in [3.05, 3.63) is 12.7 Å². The van der Waals surface area contributed by atoms with Crippen LogP contribution in [0.2, 0.25) is 0 Å². The van der Waals surface area contributed by atoms with E-state index >= 15 is 0 Å². The number of nitrogens with one attached hydrogen (secondary N) is 1. The molecule has 0 amide bonds. The largest absolute Gasteiger partial charge is 0.313 e. The van der Waals surface area contributed by atoms with Gasteiger partial charge in [0.2, 0.25) is 10.0 Å². The number of nitrogens with zero attached hydrogens (tertiary/aromatic N) is 1. The van der Waals surface area contributed by atoms with Crippen LogP contribution < -0.4 is 5.32 Å². The van der Waals surface area contributed by atoms with E-state index < -0.39 is 10.0 Å². The van der Waals surface area contributed by atoms with Crippen LogP contribution in [0.25, 0.3) is 0 Å². The average molecular weight is 218 g/mol. The lowest BCUT2D eigenvalue weighted by atomic mass is 10.3. The Balaban J connectivity index is 2.76. The first-order valence-electron chi connectivity index (χ1n) is 4.88. The summed E-state index contributed by atoms with van der Waals surface area (Å²) in [6.07, 6.45) is 2.31. The molecule has 0 bridgehead atoms. The Bertz CT molecular complexity index is 287. The Morgan fingerprint density at radius 2 is 2.36 bits per heavy atom. The molecule has 1 saturated heterocycles. The topological polar surface area (TPSA) is 49.4 Å². The van der Waals surface area contributed by atoms with E-state index in [4.69, 9.17) is 0 Å². The maximum atomic E-state index is 11.7. The third kappa shape index (κ3) is 3.08. The molecule has 1 unspecified atom stereocenters. The van der Waals surface area contributed by atoms with Gasteiger partial charge < -0.3 is 5.32 Å². The molecule has 0 saturated carbocycles. The van der Waals surface area contributed by atoms with Gasteiger partial charge >= 0.3 is 0 Å². The number of hydrogen-bond acceptors (Lipinski definition) is 3. The molecule has 14 heavy (non-hydrogen) atoms. The molecule has 1 heterocycles. The van der Waals surface area contributed by atoms with Crippen molar-refractivity contribution in [3.8, 4) is 0 Å². The summed E-state index contributed by atoms with van der Waals surface area (Å²) in [5, 5.41) is 3.27. The fourth-order valence-electron chi connectivity index (χ4n) is 1.55. The van der Waals surface area contributed by atoms with Gasteiger partial charge in [0.15, 0.2) is 0 Å². The highest BCUT2D eigenvalue weighted by atomic mass is 32.2. The number of hydrogen-bond donors (Lipinski definition) is 1. The molecule has 1 aliphatic rings. The van der Waals surface area contributed by atoms with Crippen molar-refractivity contribution < 1.29 is 8.42 Å². The summed E-state index contributed by atoms with van der Waals surface area (Å²) in [5.74, 6) is 0.237. The molecule has 0 aliphatic carbocycles. The van der Waals surface area contributed by atoms with Gasteiger partial charge in [-0.3, -0.25) is 0 Å². The smallest absolute Gasteiger partial charge is 0.214 e. The lowest BCUT2D eigenvalue weighted by Gasteiger charge is -2.27. The zero-order valence-electron chi connectivity index (χ0n) is 8.57. The van der Waals surface area contributed by atoms with Gasteiger partial charge in [-0.05, 0) is 19.9 Å². The van der Waals surface area contributed by atoms with Crippen LogP contribution >= 0.6 is 0 Å². The van der Waals surface area contributed by atoms with Crippen molar-refractivity contribution in [2.75, 3.05) is 25.4 Å². The number of rotatable bonds is 2. The molecule has 4 nitrogen and oxygen atoms in total. The average Bonchev–Trinajstić information content (AvgIpc) is 2.10. The Kier molecular flexibility index (Phi) is 4.10.